The van der Waals surface area contributed by atoms with Crippen molar-refractivity contribution >= 4 is 17.7 Å². The van der Waals surface area contributed by atoms with E-state index in [4.69, 9.17) is 4.98 Å². The number of anilines is 1. The first-order valence-electron chi connectivity index (χ1n) is 13.8. The molecule has 3 N–H and O–H groups in total. The number of benzene rings is 1. The van der Waals surface area contributed by atoms with Crippen molar-refractivity contribution in [2.24, 2.45) is 5.92 Å². The fraction of sp³-hybridized carbons (Fsp3) is 0.552. The van der Waals surface area contributed by atoms with Crippen LogP contribution in [-0.4, -0.2) is 76.6 Å². The standard InChI is InChI=1S/C29H39N5O3/c35-28(26-14-18-34(26)20-21-5-2-1-3-6-21)32-25(29(36)37)13-17-33-16-12-22(19-33)8-10-24-11-9-23-7-4-15-30-27(23)31-24/h1-3,5-6,9,11,22,25-26H,4,7-8,10,12-20H2,(H,30,31)(H,32,35)(H,36,37)/t22-,25+,26+/m1/s1. The van der Waals surface area contributed by atoms with Gasteiger partial charge in [-0.1, -0.05) is 36.4 Å². The Bertz CT molecular complexity index is 1080. The third-order valence-electron chi connectivity index (χ3n) is 8.14. The van der Waals surface area contributed by atoms with Crippen LogP contribution in [0, 0.1) is 5.92 Å². The normalized spacial score (nSPS) is 22.5. The predicted octanol–water partition coefficient (Wildman–Crippen LogP) is 2.93. The SMILES string of the molecule is O=C(O)[C@H](CCN1CC[C@@H](CCc2ccc3c(n2)NCCC3)C1)NC(=O)[C@@H]1CCN1Cc1ccccc1. The van der Waals surface area contributed by atoms with Gasteiger partial charge < -0.3 is 20.6 Å². The van der Waals surface area contributed by atoms with Gasteiger partial charge in [0.2, 0.25) is 5.91 Å². The van der Waals surface area contributed by atoms with Crippen molar-refractivity contribution < 1.29 is 14.7 Å². The van der Waals surface area contributed by atoms with E-state index >= 15 is 0 Å². The number of carboxylic acids is 1. The molecule has 0 radical (unpaired) electrons. The van der Waals surface area contributed by atoms with Gasteiger partial charge in [-0.15, -0.1) is 0 Å². The minimum atomic E-state index is -0.954. The number of aromatic nitrogens is 1. The van der Waals surface area contributed by atoms with Gasteiger partial charge >= 0.3 is 5.97 Å². The summed E-state index contributed by atoms with van der Waals surface area (Å²) in [5.41, 5.74) is 3.64. The van der Waals surface area contributed by atoms with E-state index in [0.717, 1.165) is 75.4 Å². The first kappa shape index (κ1) is 25.7. The number of hydrogen-bond acceptors (Lipinski definition) is 6. The number of hydrogen-bond donors (Lipinski definition) is 3. The Kier molecular flexibility index (Phi) is 8.36. The van der Waals surface area contributed by atoms with E-state index < -0.39 is 12.0 Å². The molecular weight excluding hydrogens is 466 g/mol. The zero-order valence-electron chi connectivity index (χ0n) is 21.6. The summed E-state index contributed by atoms with van der Waals surface area (Å²) in [5, 5.41) is 16.0. The molecule has 2 fully saturated rings. The zero-order valence-corrected chi connectivity index (χ0v) is 21.6. The molecule has 2 saturated heterocycles. The molecule has 1 amide bonds. The summed E-state index contributed by atoms with van der Waals surface area (Å²) in [5.74, 6) is 0.542. The van der Waals surface area contributed by atoms with Gasteiger partial charge in [0, 0.05) is 38.4 Å². The second kappa shape index (κ2) is 12.0. The molecule has 198 valence electrons. The lowest BCUT2D eigenvalue weighted by molar-refractivity contribution is -0.144. The third kappa shape index (κ3) is 6.67. The van der Waals surface area contributed by atoms with Gasteiger partial charge in [-0.3, -0.25) is 9.69 Å². The average Bonchev–Trinajstić information content (AvgIpc) is 3.36. The van der Waals surface area contributed by atoms with Crippen LogP contribution in [0.2, 0.25) is 0 Å². The highest BCUT2D eigenvalue weighted by molar-refractivity contribution is 5.87. The van der Waals surface area contributed by atoms with Crippen molar-refractivity contribution in [1.82, 2.24) is 20.1 Å². The molecule has 37 heavy (non-hydrogen) atoms. The second-order valence-electron chi connectivity index (χ2n) is 10.8. The van der Waals surface area contributed by atoms with Crippen LogP contribution in [0.4, 0.5) is 5.82 Å². The van der Waals surface area contributed by atoms with Crippen LogP contribution < -0.4 is 10.6 Å². The summed E-state index contributed by atoms with van der Waals surface area (Å²) in [6.07, 6.45) is 6.68. The summed E-state index contributed by atoms with van der Waals surface area (Å²) in [6.45, 7) is 5.23. The van der Waals surface area contributed by atoms with Crippen molar-refractivity contribution in [3.63, 3.8) is 0 Å². The molecule has 0 saturated carbocycles. The first-order valence-corrected chi connectivity index (χ1v) is 13.8. The minimum Gasteiger partial charge on any atom is -0.480 e. The Morgan fingerprint density at radius 1 is 1.14 bits per heavy atom. The maximum atomic E-state index is 12.9. The Morgan fingerprint density at radius 3 is 2.78 bits per heavy atom. The molecule has 3 aliphatic rings. The van der Waals surface area contributed by atoms with E-state index in [9.17, 15) is 14.7 Å². The summed E-state index contributed by atoms with van der Waals surface area (Å²) in [4.78, 5) is 34.0. The molecule has 8 nitrogen and oxygen atoms in total. The molecule has 0 bridgehead atoms. The largest absolute Gasteiger partial charge is 0.480 e. The van der Waals surface area contributed by atoms with Crippen LogP contribution in [-0.2, 0) is 29.0 Å². The van der Waals surface area contributed by atoms with Crippen LogP contribution in [0.5, 0.6) is 0 Å². The van der Waals surface area contributed by atoms with Crippen molar-refractivity contribution in [1.29, 1.82) is 0 Å². The fourth-order valence-electron chi connectivity index (χ4n) is 5.79. The molecule has 8 heteroatoms. The van der Waals surface area contributed by atoms with Gasteiger partial charge in [0.25, 0.3) is 0 Å². The summed E-state index contributed by atoms with van der Waals surface area (Å²) < 4.78 is 0. The quantitative estimate of drug-likeness (QED) is 0.432. The average molecular weight is 506 g/mol. The van der Waals surface area contributed by atoms with Crippen LogP contribution in [0.3, 0.4) is 0 Å². The Labute approximate surface area is 219 Å². The highest BCUT2D eigenvalue weighted by Crippen LogP contribution is 2.25. The van der Waals surface area contributed by atoms with Gasteiger partial charge in [-0.2, -0.15) is 0 Å². The number of rotatable bonds is 11. The number of nitrogens with one attached hydrogen (secondary N) is 2. The molecule has 5 rings (SSSR count). The fourth-order valence-corrected chi connectivity index (χ4v) is 5.79. The molecule has 0 aliphatic carbocycles. The maximum Gasteiger partial charge on any atom is 0.326 e. The topological polar surface area (TPSA) is 97.8 Å². The molecule has 3 aliphatic heterocycles. The van der Waals surface area contributed by atoms with Crippen molar-refractivity contribution in [2.75, 3.05) is 38.0 Å². The highest BCUT2D eigenvalue weighted by Gasteiger charge is 2.36. The number of aliphatic carboxylic acids is 1. The van der Waals surface area contributed by atoms with Crippen LogP contribution in [0.1, 0.15) is 48.9 Å². The summed E-state index contributed by atoms with van der Waals surface area (Å²) >= 11 is 0. The molecule has 1 aromatic heterocycles. The number of nitrogens with zero attached hydrogens (tertiary/aromatic N) is 3. The molecule has 0 unspecified atom stereocenters. The smallest absolute Gasteiger partial charge is 0.326 e. The lowest BCUT2D eigenvalue weighted by atomic mass is 10.00. The predicted molar refractivity (Wildman–Crippen MR) is 143 cm³/mol. The number of pyridine rings is 1. The second-order valence-corrected chi connectivity index (χ2v) is 10.8. The molecular formula is C29H39N5O3. The summed E-state index contributed by atoms with van der Waals surface area (Å²) in [7, 11) is 0. The molecule has 1 aromatic carbocycles. The molecule has 2 aromatic rings. The van der Waals surface area contributed by atoms with E-state index in [1.54, 1.807) is 0 Å². The van der Waals surface area contributed by atoms with E-state index in [1.165, 1.54) is 12.0 Å². The lowest BCUT2D eigenvalue weighted by Crippen LogP contribution is -2.58. The highest BCUT2D eigenvalue weighted by atomic mass is 16.4. The number of aryl methyl sites for hydroxylation is 2. The lowest BCUT2D eigenvalue weighted by Gasteiger charge is -2.40. The Hall–Kier alpha value is -2.97. The zero-order chi connectivity index (χ0) is 25.6. The van der Waals surface area contributed by atoms with E-state index in [2.05, 4.69) is 44.7 Å². The van der Waals surface area contributed by atoms with Gasteiger partial charge in [0.1, 0.15) is 11.9 Å². The van der Waals surface area contributed by atoms with Crippen molar-refractivity contribution in [3.05, 3.63) is 59.3 Å². The monoisotopic (exact) mass is 505 g/mol. The maximum absolute atomic E-state index is 12.9. The van der Waals surface area contributed by atoms with Crippen molar-refractivity contribution in [3.8, 4) is 0 Å². The molecule has 4 heterocycles. The number of carbonyl (C=O) groups is 2. The number of likely N-dealkylation sites (tertiary alicyclic amines) is 2. The Morgan fingerprint density at radius 2 is 2.00 bits per heavy atom. The van der Waals surface area contributed by atoms with Gasteiger partial charge in [0.15, 0.2) is 0 Å². The first-order chi connectivity index (χ1) is 18.0. The number of amides is 1. The third-order valence-corrected chi connectivity index (χ3v) is 8.14. The number of carbonyl (C=O) groups excluding carboxylic acids is 1. The molecule has 0 spiro atoms. The van der Waals surface area contributed by atoms with Crippen molar-refractivity contribution in [2.45, 2.75) is 63.6 Å². The van der Waals surface area contributed by atoms with E-state index in [-0.39, 0.29) is 11.9 Å². The minimum absolute atomic E-state index is 0.166. The number of carboxylic acid groups (broad SMARTS) is 1. The van der Waals surface area contributed by atoms with Crippen LogP contribution in [0.15, 0.2) is 42.5 Å². The van der Waals surface area contributed by atoms with Gasteiger partial charge in [-0.05, 0) is 74.6 Å². The van der Waals surface area contributed by atoms with E-state index in [0.29, 0.717) is 25.4 Å². The van der Waals surface area contributed by atoms with Gasteiger partial charge in [-0.25, -0.2) is 9.78 Å². The van der Waals surface area contributed by atoms with E-state index in [1.807, 2.05) is 18.2 Å². The summed E-state index contributed by atoms with van der Waals surface area (Å²) in [6, 6.07) is 13.4. The number of fused-ring (bicyclic) bond motifs is 1. The molecule has 3 atom stereocenters. The van der Waals surface area contributed by atoms with Crippen LogP contribution >= 0.6 is 0 Å². The Balaban J connectivity index is 1.04. The van der Waals surface area contributed by atoms with Crippen LogP contribution in [0.25, 0.3) is 0 Å². The van der Waals surface area contributed by atoms with Gasteiger partial charge in [0.05, 0.1) is 6.04 Å².